The molecule has 27 heavy (non-hydrogen) atoms. The summed E-state index contributed by atoms with van der Waals surface area (Å²) in [6.45, 7) is 0.804. The smallest absolute Gasteiger partial charge is 0.394 e. The van der Waals surface area contributed by atoms with Gasteiger partial charge in [0, 0.05) is 6.42 Å². The molecule has 3 N–H and O–H groups in total. The number of imidazole rings is 1. The van der Waals surface area contributed by atoms with Gasteiger partial charge in [0.1, 0.15) is 12.2 Å². The molecule has 148 valence electrons. The van der Waals surface area contributed by atoms with E-state index >= 15 is 0 Å². The molecule has 3 rings (SSSR count). The van der Waals surface area contributed by atoms with Gasteiger partial charge in [0.15, 0.2) is 29.4 Å². The largest absolute Gasteiger partial charge is 0.451 e. The van der Waals surface area contributed by atoms with Crippen molar-refractivity contribution in [3.8, 4) is 0 Å². The van der Waals surface area contributed by atoms with E-state index in [2.05, 4.69) is 20.3 Å². The molecule has 4 atom stereocenters. The first-order valence-corrected chi connectivity index (χ1v) is 7.87. The lowest BCUT2D eigenvalue weighted by atomic mass is 10.1. The van der Waals surface area contributed by atoms with Crippen molar-refractivity contribution in [2.45, 2.75) is 44.1 Å². The van der Waals surface area contributed by atoms with Crippen LogP contribution in [0.2, 0.25) is 0 Å². The molecule has 0 aliphatic carbocycles. The number of alkyl halides is 4. The summed E-state index contributed by atoms with van der Waals surface area (Å²) in [4.78, 5) is 22.1. The number of aliphatic hydroxyl groups excluding tert-OH is 2. The average molecular weight is 393 g/mol. The number of rotatable bonds is 4. The van der Waals surface area contributed by atoms with Crippen LogP contribution in [0.4, 0.5) is 23.4 Å². The molecule has 13 heteroatoms. The maximum Gasteiger partial charge on any atom is 0.451 e. The Morgan fingerprint density at radius 3 is 2.67 bits per heavy atom. The molecule has 2 aromatic rings. The molecule has 1 fully saturated rings. The van der Waals surface area contributed by atoms with E-state index in [4.69, 9.17) is 9.84 Å². The lowest BCUT2D eigenvalue weighted by molar-refractivity contribution is -0.144. The summed E-state index contributed by atoms with van der Waals surface area (Å²) in [7, 11) is 0. The normalized spacial score (nSPS) is 25.9. The number of nitrogens with zero attached hydrogens (tertiary/aromatic N) is 4. The van der Waals surface area contributed by atoms with Crippen molar-refractivity contribution in [3.05, 3.63) is 12.2 Å². The second-order valence-electron chi connectivity index (χ2n) is 5.80. The number of aliphatic hydroxyl groups is 2. The van der Waals surface area contributed by atoms with Crippen molar-refractivity contribution < 1.29 is 37.3 Å². The predicted octanol–water partition coefficient (Wildman–Crippen LogP) is 0.782. The Balaban J connectivity index is 2.13. The Labute approximate surface area is 149 Å². The number of hydrogen-bond acceptors (Lipinski definition) is 7. The van der Waals surface area contributed by atoms with Crippen LogP contribution in [0.25, 0.3) is 11.2 Å². The van der Waals surface area contributed by atoms with Crippen LogP contribution in [-0.4, -0.2) is 60.6 Å². The summed E-state index contributed by atoms with van der Waals surface area (Å²) in [6, 6.07) is 0. The number of nitrogens with one attached hydrogen (secondary N) is 1. The maximum absolute atomic E-state index is 14.3. The predicted molar refractivity (Wildman–Crippen MR) is 81.1 cm³/mol. The van der Waals surface area contributed by atoms with Gasteiger partial charge in [-0.05, 0) is 0 Å². The van der Waals surface area contributed by atoms with E-state index in [1.807, 2.05) is 0 Å². The fourth-order valence-electron chi connectivity index (χ4n) is 2.62. The number of carbonyl (C=O) groups is 1. The van der Waals surface area contributed by atoms with E-state index in [0.717, 1.165) is 10.9 Å². The second-order valence-corrected chi connectivity index (χ2v) is 5.80. The summed E-state index contributed by atoms with van der Waals surface area (Å²) in [6.07, 6.45) is -10.5. The van der Waals surface area contributed by atoms with Crippen LogP contribution < -0.4 is 5.32 Å². The van der Waals surface area contributed by atoms with Gasteiger partial charge in [0.2, 0.25) is 11.7 Å². The van der Waals surface area contributed by atoms with Crippen LogP contribution >= 0.6 is 0 Å². The second kappa shape index (κ2) is 6.98. The Hall–Kier alpha value is -2.38. The summed E-state index contributed by atoms with van der Waals surface area (Å²) in [5.74, 6) is -2.64. The first kappa shape index (κ1) is 19.4. The highest BCUT2D eigenvalue weighted by Gasteiger charge is 2.46. The number of fused-ring (bicyclic) bond motifs is 1. The van der Waals surface area contributed by atoms with Crippen molar-refractivity contribution >= 4 is 22.9 Å². The van der Waals surface area contributed by atoms with Crippen LogP contribution in [0, 0.1) is 0 Å². The van der Waals surface area contributed by atoms with Crippen molar-refractivity contribution in [1.29, 1.82) is 0 Å². The van der Waals surface area contributed by atoms with E-state index in [0.29, 0.717) is 0 Å². The zero-order valence-electron chi connectivity index (χ0n) is 13.8. The number of hydrogen-bond donors (Lipinski definition) is 3. The lowest BCUT2D eigenvalue weighted by Crippen LogP contribution is -2.30. The Bertz CT molecular complexity index is 858. The van der Waals surface area contributed by atoms with Gasteiger partial charge in [-0.25, -0.2) is 19.3 Å². The highest BCUT2D eigenvalue weighted by atomic mass is 19.4. The van der Waals surface area contributed by atoms with Gasteiger partial charge < -0.3 is 20.3 Å². The molecule has 1 amide bonds. The van der Waals surface area contributed by atoms with Crippen molar-refractivity contribution in [2.24, 2.45) is 0 Å². The quantitative estimate of drug-likeness (QED) is 0.656. The molecular formula is C14H15F4N5O4. The van der Waals surface area contributed by atoms with E-state index in [1.54, 1.807) is 0 Å². The molecule has 0 radical (unpaired) electrons. The van der Waals surface area contributed by atoms with Crippen LogP contribution in [0.3, 0.4) is 0 Å². The van der Waals surface area contributed by atoms with Gasteiger partial charge in [0.25, 0.3) is 0 Å². The summed E-state index contributed by atoms with van der Waals surface area (Å²) >= 11 is 0. The molecule has 1 aliphatic heterocycles. The molecular weight excluding hydrogens is 378 g/mol. The Morgan fingerprint density at radius 1 is 1.41 bits per heavy atom. The molecule has 1 saturated heterocycles. The third kappa shape index (κ3) is 3.44. The van der Waals surface area contributed by atoms with Crippen molar-refractivity contribution in [3.63, 3.8) is 0 Å². The molecule has 0 aromatic carbocycles. The third-order valence-electron chi connectivity index (χ3n) is 4.00. The van der Waals surface area contributed by atoms with Gasteiger partial charge in [-0.15, -0.1) is 0 Å². The zero-order valence-corrected chi connectivity index (χ0v) is 13.8. The van der Waals surface area contributed by atoms with E-state index in [9.17, 15) is 27.5 Å². The summed E-state index contributed by atoms with van der Waals surface area (Å²) < 4.78 is 59.8. The minimum absolute atomic E-state index is 0.0176. The Morgan fingerprint density at radius 2 is 2.11 bits per heavy atom. The minimum Gasteiger partial charge on any atom is -0.394 e. The van der Waals surface area contributed by atoms with Crippen LogP contribution in [0.15, 0.2) is 6.33 Å². The van der Waals surface area contributed by atoms with Gasteiger partial charge in [-0.1, -0.05) is 6.92 Å². The van der Waals surface area contributed by atoms with Gasteiger partial charge >= 0.3 is 6.18 Å². The Kier molecular flexibility index (Phi) is 5.01. The maximum atomic E-state index is 14.3. The molecule has 3 heterocycles. The van der Waals surface area contributed by atoms with E-state index in [-0.39, 0.29) is 11.9 Å². The SMILES string of the molecule is CCC(=O)Nc1nc(C(F)(F)F)nc2c1ncn2[C@@H]1O[C@H](CO)[C@@H](O)[C@@H]1F. The first-order valence-electron chi connectivity index (χ1n) is 7.87. The molecule has 0 unspecified atom stereocenters. The zero-order chi connectivity index (χ0) is 19.9. The summed E-state index contributed by atoms with van der Waals surface area (Å²) in [5.41, 5.74) is -0.648. The molecule has 1 aliphatic rings. The number of carbonyl (C=O) groups excluding carboxylic acids is 1. The topological polar surface area (TPSA) is 122 Å². The van der Waals surface area contributed by atoms with Gasteiger partial charge in [-0.3, -0.25) is 9.36 Å². The molecule has 0 spiro atoms. The van der Waals surface area contributed by atoms with Gasteiger partial charge in [-0.2, -0.15) is 13.2 Å². The third-order valence-corrected chi connectivity index (χ3v) is 4.00. The van der Waals surface area contributed by atoms with Crippen molar-refractivity contribution in [1.82, 2.24) is 19.5 Å². The van der Waals surface area contributed by atoms with Crippen molar-refractivity contribution in [2.75, 3.05) is 11.9 Å². The number of anilines is 1. The molecule has 9 nitrogen and oxygen atoms in total. The van der Waals surface area contributed by atoms with E-state index in [1.165, 1.54) is 6.92 Å². The fourth-order valence-corrected chi connectivity index (χ4v) is 2.62. The van der Waals surface area contributed by atoms with Crippen LogP contribution in [-0.2, 0) is 15.7 Å². The minimum atomic E-state index is -4.94. The fraction of sp³-hybridized carbons (Fsp3) is 0.571. The lowest BCUT2D eigenvalue weighted by Gasteiger charge is -2.16. The monoisotopic (exact) mass is 393 g/mol. The first-order chi connectivity index (χ1) is 12.7. The summed E-state index contributed by atoms with van der Waals surface area (Å²) in [5, 5.41) is 21.0. The standard InChI is InChI=1S/C14H15F4N5O4/c1-2-6(25)20-10-8-11(22-13(21-10)14(16,17)18)23(4-19-8)12-7(15)9(26)5(3-24)27-12/h4-5,7,9,12,24,26H,2-3H2,1H3,(H,20,21,22,25)/t5-,7+,9-,12-/m1/s1. The van der Waals surface area contributed by atoms with Gasteiger partial charge in [0.05, 0.1) is 12.9 Å². The number of aromatic nitrogens is 4. The molecule has 0 saturated carbocycles. The number of halogens is 4. The highest BCUT2D eigenvalue weighted by molar-refractivity contribution is 5.96. The average Bonchev–Trinajstić information content (AvgIpc) is 3.16. The van der Waals surface area contributed by atoms with Crippen LogP contribution in [0.1, 0.15) is 25.4 Å². The number of amides is 1. The molecule has 0 bridgehead atoms. The molecule has 2 aromatic heterocycles. The highest BCUT2D eigenvalue weighted by Crippen LogP contribution is 2.35. The van der Waals surface area contributed by atoms with Crippen LogP contribution in [0.5, 0.6) is 0 Å². The number of ether oxygens (including phenoxy) is 1. The van der Waals surface area contributed by atoms with E-state index < -0.39 is 60.6 Å².